The van der Waals surface area contributed by atoms with E-state index in [2.05, 4.69) is 60.1 Å². The SMILES string of the molecule is C=C1CCC2=CC3=CC[C@]4(C)C(c5ccc6cn[nH]c6c5)=CC[C@H]4[C@@]34CC[C@]2(C1)O4. The lowest BCUT2D eigenvalue weighted by Crippen LogP contribution is -2.53. The van der Waals surface area contributed by atoms with Crippen molar-refractivity contribution in [3.63, 3.8) is 0 Å². The fraction of sp³-hybridized carbons (Fsp3) is 0.444. The molecule has 2 fully saturated rings. The summed E-state index contributed by atoms with van der Waals surface area (Å²) < 4.78 is 7.23. The summed E-state index contributed by atoms with van der Waals surface area (Å²) in [6, 6.07) is 6.74. The summed E-state index contributed by atoms with van der Waals surface area (Å²) in [6.45, 7) is 6.81. The predicted molar refractivity (Wildman–Crippen MR) is 120 cm³/mol. The summed E-state index contributed by atoms with van der Waals surface area (Å²) in [4.78, 5) is 0. The molecule has 152 valence electrons. The number of nitrogens with one attached hydrogen (secondary N) is 1. The quantitative estimate of drug-likeness (QED) is 0.577. The second kappa shape index (κ2) is 5.45. The van der Waals surface area contributed by atoms with Crippen LogP contribution in [0, 0.1) is 11.3 Å². The first-order valence-corrected chi connectivity index (χ1v) is 11.5. The highest BCUT2D eigenvalue weighted by atomic mass is 16.5. The summed E-state index contributed by atoms with van der Waals surface area (Å²) in [5.41, 5.74) is 8.23. The van der Waals surface area contributed by atoms with Crippen molar-refractivity contribution in [2.45, 2.75) is 63.1 Å². The van der Waals surface area contributed by atoms with E-state index in [9.17, 15) is 0 Å². The molecule has 30 heavy (non-hydrogen) atoms. The summed E-state index contributed by atoms with van der Waals surface area (Å²) in [5.74, 6) is 0.504. The number of benzene rings is 1. The Balaban J connectivity index is 1.33. The average molecular weight is 397 g/mol. The van der Waals surface area contributed by atoms with Crippen LogP contribution >= 0.6 is 0 Å². The lowest BCUT2D eigenvalue weighted by atomic mass is 9.58. The summed E-state index contributed by atoms with van der Waals surface area (Å²) in [6.07, 6.45) is 17.2. The molecule has 1 aromatic carbocycles. The van der Waals surface area contributed by atoms with E-state index in [4.69, 9.17) is 4.74 Å². The Hall–Kier alpha value is -2.39. The van der Waals surface area contributed by atoms with Crippen molar-refractivity contribution in [1.82, 2.24) is 10.2 Å². The first-order chi connectivity index (χ1) is 14.5. The van der Waals surface area contributed by atoms with Gasteiger partial charge in [0.1, 0.15) is 0 Å². The van der Waals surface area contributed by atoms with Gasteiger partial charge in [0.25, 0.3) is 0 Å². The van der Waals surface area contributed by atoms with Crippen molar-refractivity contribution in [3.8, 4) is 0 Å². The molecule has 1 saturated carbocycles. The van der Waals surface area contributed by atoms with E-state index in [1.54, 1.807) is 0 Å². The number of hydrogen-bond acceptors (Lipinski definition) is 2. The molecule has 3 aliphatic carbocycles. The minimum absolute atomic E-state index is 0.0670. The van der Waals surface area contributed by atoms with E-state index in [0.29, 0.717) is 5.92 Å². The molecule has 7 rings (SSSR count). The molecule has 2 spiro atoms. The molecule has 2 bridgehead atoms. The zero-order chi connectivity index (χ0) is 20.1. The van der Waals surface area contributed by atoms with Gasteiger partial charge in [-0.25, -0.2) is 0 Å². The van der Waals surface area contributed by atoms with E-state index in [0.717, 1.165) is 50.5 Å². The van der Waals surface area contributed by atoms with Crippen molar-refractivity contribution >= 4 is 16.5 Å². The van der Waals surface area contributed by atoms with Crippen molar-refractivity contribution in [1.29, 1.82) is 0 Å². The summed E-state index contributed by atoms with van der Waals surface area (Å²) >= 11 is 0. The van der Waals surface area contributed by atoms with Gasteiger partial charge in [-0.1, -0.05) is 49.4 Å². The third-order valence-electron chi connectivity index (χ3n) is 8.97. The normalized spacial score (nSPS) is 39.2. The van der Waals surface area contributed by atoms with Crippen LogP contribution in [0.1, 0.15) is 57.4 Å². The molecule has 5 aliphatic rings. The topological polar surface area (TPSA) is 37.9 Å². The van der Waals surface area contributed by atoms with E-state index >= 15 is 0 Å². The maximum atomic E-state index is 7.23. The molecule has 0 unspecified atom stereocenters. The van der Waals surface area contributed by atoms with Gasteiger partial charge in [-0.2, -0.15) is 5.10 Å². The largest absolute Gasteiger partial charge is 0.359 e. The van der Waals surface area contributed by atoms with E-state index in [1.165, 1.54) is 33.2 Å². The Morgan fingerprint density at radius 3 is 3.07 bits per heavy atom. The molecule has 1 N–H and O–H groups in total. The van der Waals surface area contributed by atoms with Gasteiger partial charge in [-0.3, -0.25) is 5.10 Å². The highest BCUT2D eigenvalue weighted by molar-refractivity contribution is 5.84. The molecular formula is C27H28N2O. The van der Waals surface area contributed by atoms with E-state index in [-0.39, 0.29) is 16.6 Å². The van der Waals surface area contributed by atoms with Gasteiger partial charge in [0.15, 0.2) is 0 Å². The van der Waals surface area contributed by atoms with Crippen LogP contribution in [0.5, 0.6) is 0 Å². The van der Waals surface area contributed by atoms with Crippen LogP contribution < -0.4 is 0 Å². The number of fused-ring (bicyclic) bond motifs is 2. The maximum absolute atomic E-state index is 7.23. The molecule has 0 radical (unpaired) electrons. The standard InChI is InChI=1S/C27H28N2O/c1-17-3-6-20-14-21-9-10-25(2)22(18-4-5-19-16-28-29-23(19)13-18)7-8-24(25)27(21)12-11-26(20,15-17)30-27/h4-5,7,9,13-14,16,24H,1,3,6,8,10-12,15H2,2H3,(H,28,29)/t24-,25-,26-,27-/m1/s1. The van der Waals surface area contributed by atoms with Crippen molar-refractivity contribution in [2.24, 2.45) is 11.3 Å². The Labute approximate surface area is 177 Å². The Morgan fingerprint density at radius 2 is 2.13 bits per heavy atom. The maximum Gasteiger partial charge on any atom is 0.0981 e. The fourth-order valence-corrected chi connectivity index (χ4v) is 7.48. The average Bonchev–Trinajstić information content (AvgIpc) is 3.41. The number of nitrogens with zero attached hydrogens (tertiary/aromatic N) is 1. The molecule has 1 aromatic heterocycles. The third kappa shape index (κ3) is 1.98. The molecule has 2 aliphatic heterocycles. The smallest absolute Gasteiger partial charge is 0.0981 e. The van der Waals surface area contributed by atoms with Crippen molar-refractivity contribution in [3.05, 3.63) is 71.5 Å². The number of H-pyrrole nitrogens is 1. The minimum atomic E-state index is -0.121. The molecule has 3 heteroatoms. The van der Waals surface area contributed by atoms with Crippen molar-refractivity contribution in [2.75, 3.05) is 0 Å². The second-order valence-corrected chi connectivity index (χ2v) is 10.4. The number of ether oxygens (including phenoxy) is 1. The molecular weight excluding hydrogens is 368 g/mol. The minimum Gasteiger partial charge on any atom is -0.359 e. The number of hydrogen-bond donors (Lipinski definition) is 1. The third-order valence-corrected chi connectivity index (χ3v) is 8.97. The summed E-state index contributed by atoms with van der Waals surface area (Å²) in [5, 5.41) is 8.52. The van der Waals surface area contributed by atoms with Gasteiger partial charge >= 0.3 is 0 Å². The lowest BCUT2D eigenvalue weighted by Gasteiger charge is -2.53. The van der Waals surface area contributed by atoms with Crippen LogP contribution in [0.3, 0.4) is 0 Å². The highest BCUT2D eigenvalue weighted by Gasteiger charge is 2.64. The first-order valence-electron chi connectivity index (χ1n) is 11.5. The zero-order valence-corrected chi connectivity index (χ0v) is 17.6. The van der Waals surface area contributed by atoms with Gasteiger partial charge in [0.05, 0.1) is 22.9 Å². The number of aromatic nitrogens is 2. The van der Waals surface area contributed by atoms with Gasteiger partial charge < -0.3 is 4.74 Å². The van der Waals surface area contributed by atoms with Crippen LogP contribution in [-0.2, 0) is 4.74 Å². The molecule has 2 aromatic rings. The molecule has 1 saturated heterocycles. The molecule has 0 amide bonds. The van der Waals surface area contributed by atoms with Gasteiger partial charge in [0.2, 0.25) is 0 Å². The highest BCUT2D eigenvalue weighted by Crippen LogP contribution is 2.67. The molecule has 3 nitrogen and oxygen atoms in total. The number of aromatic amines is 1. The zero-order valence-electron chi connectivity index (χ0n) is 17.6. The first kappa shape index (κ1) is 17.3. The van der Waals surface area contributed by atoms with Crippen molar-refractivity contribution < 1.29 is 4.74 Å². The van der Waals surface area contributed by atoms with Gasteiger partial charge in [0, 0.05) is 23.1 Å². The fourth-order valence-electron chi connectivity index (χ4n) is 7.48. The summed E-state index contributed by atoms with van der Waals surface area (Å²) in [7, 11) is 0. The van der Waals surface area contributed by atoms with Crippen LogP contribution in [0.4, 0.5) is 0 Å². The van der Waals surface area contributed by atoms with Crippen LogP contribution in [-0.4, -0.2) is 21.4 Å². The van der Waals surface area contributed by atoms with Crippen LogP contribution in [0.25, 0.3) is 16.5 Å². The van der Waals surface area contributed by atoms with Gasteiger partial charge in [-0.05, 0) is 66.9 Å². The number of allylic oxidation sites excluding steroid dienone is 3. The van der Waals surface area contributed by atoms with Crippen LogP contribution in [0.2, 0.25) is 0 Å². The van der Waals surface area contributed by atoms with E-state index in [1.807, 2.05) is 6.20 Å². The second-order valence-electron chi connectivity index (χ2n) is 10.4. The molecule has 3 heterocycles. The number of rotatable bonds is 1. The lowest BCUT2D eigenvalue weighted by molar-refractivity contribution is -0.123. The predicted octanol–water partition coefficient (Wildman–Crippen LogP) is 6.27. The van der Waals surface area contributed by atoms with Crippen LogP contribution in [0.15, 0.2) is 65.9 Å². The Kier molecular flexibility index (Phi) is 3.14. The Morgan fingerprint density at radius 1 is 1.20 bits per heavy atom. The van der Waals surface area contributed by atoms with Gasteiger partial charge in [-0.15, -0.1) is 0 Å². The molecule has 4 atom stereocenters. The monoisotopic (exact) mass is 396 g/mol. The Bertz CT molecular complexity index is 1210. The van der Waals surface area contributed by atoms with E-state index < -0.39 is 0 Å².